The van der Waals surface area contributed by atoms with E-state index < -0.39 is 35.7 Å². The fraction of sp³-hybridized carbons (Fsp3) is 0.821. The molecule has 0 aliphatic carbocycles. The number of aliphatic carboxylic acids is 3. The zero-order valence-corrected chi connectivity index (χ0v) is 22.7. The lowest BCUT2D eigenvalue weighted by atomic mass is 9.95. The molecule has 0 aromatic rings. The lowest BCUT2D eigenvalue weighted by Gasteiger charge is -2.44. The number of carbonyl (C=O) groups is 3. The standard InChI is InChI=1S/C28H51NO6/c1-5-9-10-11-12-13-14-15-16-17-18-19-29(20-23(6-2)26(30)31,21-24(7-3)27(32)33)22-25(8-4)28(34)35/h5,9,23-25H,6-8,10-22H2,1-4H3,(H2-,30,31,32,33,34,35)/b9-5+. The fourth-order valence-corrected chi connectivity index (χ4v) is 4.97. The first-order chi connectivity index (χ1) is 16.7. The highest BCUT2D eigenvalue weighted by Gasteiger charge is 2.39. The molecule has 0 fully saturated rings. The Morgan fingerprint density at radius 2 is 1.11 bits per heavy atom. The Kier molecular flexibility index (Phi) is 18.3. The van der Waals surface area contributed by atoms with Crippen molar-refractivity contribution in [3.05, 3.63) is 12.2 Å². The van der Waals surface area contributed by atoms with Crippen molar-refractivity contribution >= 4 is 17.9 Å². The van der Waals surface area contributed by atoms with Crippen molar-refractivity contribution in [1.82, 2.24) is 0 Å². The molecular weight excluding hydrogens is 446 g/mol. The van der Waals surface area contributed by atoms with Gasteiger partial charge in [-0.1, -0.05) is 65.0 Å². The summed E-state index contributed by atoms with van der Waals surface area (Å²) < 4.78 is 0.215. The van der Waals surface area contributed by atoms with E-state index in [9.17, 15) is 29.7 Å². The summed E-state index contributed by atoms with van der Waals surface area (Å²) in [6.07, 6.45) is 15.6. The molecule has 0 aromatic carbocycles. The molecule has 0 saturated carbocycles. The number of carboxylic acid groups (broad SMARTS) is 3. The lowest BCUT2D eigenvalue weighted by molar-refractivity contribution is -0.935. The average Bonchev–Trinajstić information content (AvgIpc) is 2.82. The molecule has 0 spiro atoms. The highest BCUT2D eigenvalue weighted by Crippen LogP contribution is 2.25. The number of carbonyl (C=O) groups excluding carboxylic acids is 1. The van der Waals surface area contributed by atoms with Crippen LogP contribution in [0.2, 0.25) is 0 Å². The molecule has 0 rings (SSSR count). The molecule has 0 heterocycles. The Morgan fingerprint density at radius 1 is 0.714 bits per heavy atom. The topological polar surface area (TPSA) is 115 Å². The summed E-state index contributed by atoms with van der Waals surface area (Å²) in [5.41, 5.74) is 0. The summed E-state index contributed by atoms with van der Waals surface area (Å²) in [6.45, 7) is 8.79. The maximum absolute atomic E-state index is 11.9. The Bertz CT molecular complexity index is 573. The zero-order valence-electron chi connectivity index (χ0n) is 22.7. The molecule has 7 heteroatoms. The Labute approximate surface area is 213 Å². The highest BCUT2D eigenvalue weighted by molar-refractivity contribution is 5.70. The zero-order chi connectivity index (χ0) is 26.7. The first-order valence-corrected chi connectivity index (χ1v) is 13.8. The van der Waals surface area contributed by atoms with Crippen LogP contribution >= 0.6 is 0 Å². The number of hydrogen-bond donors (Lipinski definition) is 2. The number of unbranched alkanes of at least 4 members (excludes halogenated alkanes) is 8. The summed E-state index contributed by atoms with van der Waals surface area (Å²) >= 11 is 0. The second-order valence-corrected chi connectivity index (χ2v) is 10.1. The van der Waals surface area contributed by atoms with E-state index in [1.54, 1.807) is 6.92 Å². The third kappa shape index (κ3) is 14.3. The van der Waals surface area contributed by atoms with Crippen molar-refractivity contribution in [2.45, 2.75) is 105 Å². The molecule has 0 saturated heterocycles. The predicted molar refractivity (Wildman–Crippen MR) is 138 cm³/mol. The molecule has 35 heavy (non-hydrogen) atoms. The number of allylic oxidation sites excluding steroid dienone is 2. The van der Waals surface area contributed by atoms with Crippen LogP contribution in [0.1, 0.15) is 105 Å². The Hall–Kier alpha value is -1.89. The van der Waals surface area contributed by atoms with Crippen molar-refractivity contribution < 1.29 is 34.2 Å². The van der Waals surface area contributed by atoms with Gasteiger partial charge in [-0.2, -0.15) is 0 Å². The van der Waals surface area contributed by atoms with Gasteiger partial charge < -0.3 is 24.6 Å². The smallest absolute Gasteiger partial charge is 0.312 e. The average molecular weight is 498 g/mol. The summed E-state index contributed by atoms with van der Waals surface area (Å²) in [5.74, 6) is -4.96. The van der Waals surface area contributed by atoms with Crippen molar-refractivity contribution in [2.24, 2.45) is 17.8 Å². The molecule has 3 atom stereocenters. The minimum Gasteiger partial charge on any atom is -0.550 e. The number of rotatable bonds is 23. The molecular formula is C28H51NO6. The first kappa shape index (κ1) is 33.1. The van der Waals surface area contributed by atoms with Gasteiger partial charge in [0.15, 0.2) is 0 Å². The summed E-state index contributed by atoms with van der Waals surface area (Å²) in [7, 11) is 0. The molecule has 0 aliphatic rings. The largest absolute Gasteiger partial charge is 0.550 e. The van der Waals surface area contributed by atoms with Crippen LogP contribution < -0.4 is 5.11 Å². The lowest BCUT2D eigenvalue weighted by Crippen LogP contribution is -2.59. The van der Waals surface area contributed by atoms with Gasteiger partial charge in [-0.25, -0.2) is 0 Å². The first-order valence-electron chi connectivity index (χ1n) is 13.8. The number of nitrogens with zero attached hydrogens (tertiary/aromatic N) is 1. The van der Waals surface area contributed by atoms with Crippen LogP contribution in [0.5, 0.6) is 0 Å². The van der Waals surface area contributed by atoms with Gasteiger partial charge in [-0.15, -0.1) is 0 Å². The molecule has 2 N–H and O–H groups in total. The van der Waals surface area contributed by atoms with Crippen molar-refractivity contribution in [3.8, 4) is 0 Å². The van der Waals surface area contributed by atoms with E-state index in [1.165, 1.54) is 25.7 Å². The van der Waals surface area contributed by atoms with E-state index in [4.69, 9.17) is 0 Å². The number of carboxylic acids is 3. The quantitative estimate of drug-likeness (QED) is 0.118. The van der Waals surface area contributed by atoms with Crippen LogP contribution in [0.15, 0.2) is 12.2 Å². The molecule has 0 bridgehead atoms. The van der Waals surface area contributed by atoms with Gasteiger partial charge in [0.1, 0.15) is 11.8 Å². The van der Waals surface area contributed by atoms with E-state index in [1.807, 2.05) is 20.8 Å². The van der Waals surface area contributed by atoms with Crippen LogP contribution in [0.25, 0.3) is 0 Å². The van der Waals surface area contributed by atoms with Gasteiger partial charge in [0, 0.05) is 5.92 Å². The van der Waals surface area contributed by atoms with Gasteiger partial charge in [-0.05, 0) is 51.9 Å². The van der Waals surface area contributed by atoms with E-state index in [2.05, 4.69) is 12.2 Å². The van der Waals surface area contributed by atoms with Crippen molar-refractivity contribution in [2.75, 3.05) is 26.2 Å². The minimum atomic E-state index is -1.14. The summed E-state index contributed by atoms with van der Waals surface area (Å²) in [5, 5.41) is 31.3. The molecule has 3 unspecified atom stereocenters. The molecule has 0 aliphatic heterocycles. The second kappa shape index (κ2) is 19.3. The molecule has 7 nitrogen and oxygen atoms in total. The van der Waals surface area contributed by atoms with Gasteiger partial charge in [-0.3, -0.25) is 9.59 Å². The number of hydrogen-bond acceptors (Lipinski definition) is 4. The maximum Gasteiger partial charge on any atom is 0.312 e. The molecule has 0 amide bonds. The van der Waals surface area contributed by atoms with Gasteiger partial charge in [0.05, 0.1) is 32.1 Å². The van der Waals surface area contributed by atoms with Crippen LogP contribution in [-0.2, 0) is 14.4 Å². The second-order valence-electron chi connectivity index (χ2n) is 10.1. The summed E-state index contributed by atoms with van der Waals surface area (Å²) in [4.78, 5) is 35.6. The SMILES string of the molecule is C/C=C/CCCCCCCCCC[N+](CC(CC)C(=O)[O-])(CC(CC)C(=O)O)CC(CC)C(=O)O. The Balaban J connectivity index is 5.31. The fourth-order valence-electron chi connectivity index (χ4n) is 4.97. The van der Waals surface area contributed by atoms with Gasteiger partial charge in [0.2, 0.25) is 0 Å². The molecule has 204 valence electrons. The van der Waals surface area contributed by atoms with E-state index in [0.29, 0.717) is 25.8 Å². The summed E-state index contributed by atoms with van der Waals surface area (Å²) in [6, 6.07) is 0. The van der Waals surface area contributed by atoms with Crippen molar-refractivity contribution in [1.29, 1.82) is 0 Å². The van der Waals surface area contributed by atoms with E-state index >= 15 is 0 Å². The molecule has 0 aromatic heterocycles. The van der Waals surface area contributed by atoms with Crippen molar-refractivity contribution in [3.63, 3.8) is 0 Å². The highest BCUT2D eigenvalue weighted by atomic mass is 16.4. The van der Waals surface area contributed by atoms with Crippen LogP contribution in [0, 0.1) is 17.8 Å². The number of quaternary nitrogens is 1. The molecule has 0 radical (unpaired) electrons. The van der Waals surface area contributed by atoms with E-state index in [0.717, 1.165) is 32.1 Å². The van der Waals surface area contributed by atoms with Crippen LogP contribution in [-0.4, -0.2) is 58.8 Å². The predicted octanol–water partition coefficient (Wildman–Crippen LogP) is 4.89. The monoisotopic (exact) mass is 497 g/mol. The third-order valence-corrected chi connectivity index (χ3v) is 7.32. The van der Waals surface area contributed by atoms with Gasteiger partial charge >= 0.3 is 11.9 Å². The minimum absolute atomic E-state index is 0.215. The van der Waals surface area contributed by atoms with Crippen LogP contribution in [0.4, 0.5) is 0 Å². The third-order valence-electron chi connectivity index (χ3n) is 7.32. The maximum atomic E-state index is 11.9. The van der Waals surface area contributed by atoms with E-state index in [-0.39, 0.29) is 24.1 Å². The normalized spacial score (nSPS) is 16.0. The van der Waals surface area contributed by atoms with Gasteiger partial charge in [0.25, 0.3) is 0 Å². The van der Waals surface area contributed by atoms with Crippen LogP contribution in [0.3, 0.4) is 0 Å². The Morgan fingerprint density at radius 3 is 1.49 bits per heavy atom.